The molecule has 0 aromatic heterocycles. The van der Waals surface area contributed by atoms with E-state index in [4.69, 9.17) is 4.74 Å². The molecule has 0 saturated heterocycles. The molecule has 1 aliphatic heterocycles. The number of carbonyl (C=O) groups is 2. The van der Waals surface area contributed by atoms with E-state index in [2.05, 4.69) is 17.4 Å². The van der Waals surface area contributed by atoms with Crippen LogP contribution in [0.2, 0.25) is 0 Å². The number of hydrogen-bond donors (Lipinski definition) is 1. The van der Waals surface area contributed by atoms with Crippen LogP contribution in [0.5, 0.6) is 5.75 Å². The highest BCUT2D eigenvalue weighted by Gasteiger charge is 2.31. The van der Waals surface area contributed by atoms with Crippen molar-refractivity contribution >= 4 is 11.8 Å². The minimum absolute atomic E-state index is 0.111. The van der Waals surface area contributed by atoms with E-state index in [1.807, 2.05) is 49.1 Å². The van der Waals surface area contributed by atoms with E-state index in [1.54, 1.807) is 12.1 Å². The predicted octanol–water partition coefficient (Wildman–Crippen LogP) is 4.71. The van der Waals surface area contributed by atoms with Gasteiger partial charge in [-0.25, -0.2) is 4.39 Å². The van der Waals surface area contributed by atoms with Crippen molar-refractivity contribution in [2.45, 2.75) is 39.3 Å². The van der Waals surface area contributed by atoms with Crippen LogP contribution in [0.15, 0.2) is 66.7 Å². The molecule has 1 aliphatic rings. The summed E-state index contributed by atoms with van der Waals surface area (Å²) < 4.78 is 19.1. The lowest BCUT2D eigenvalue weighted by atomic mass is 9.87. The van der Waals surface area contributed by atoms with Gasteiger partial charge in [0.2, 0.25) is 5.91 Å². The maximum Gasteiger partial charge on any atom is 0.258 e. The van der Waals surface area contributed by atoms with Crippen LogP contribution in [-0.4, -0.2) is 29.9 Å². The van der Waals surface area contributed by atoms with Crippen molar-refractivity contribution in [3.05, 3.63) is 100 Å². The van der Waals surface area contributed by atoms with Crippen LogP contribution >= 0.6 is 0 Å². The molecule has 6 heteroatoms. The smallest absolute Gasteiger partial charge is 0.258 e. The first-order valence-electron chi connectivity index (χ1n) is 11.6. The first-order chi connectivity index (χ1) is 16.4. The summed E-state index contributed by atoms with van der Waals surface area (Å²) in [7, 11) is 0. The van der Waals surface area contributed by atoms with Crippen molar-refractivity contribution in [3.63, 3.8) is 0 Å². The summed E-state index contributed by atoms with van der Waals surface area (Å²) in [6, 6.07) is 20.0. The molecule has 176 valence electrons. The number of aryl methyl sites for hydroxylation is 1. The van der Waals surface area contributed by atoms with E-state index in [-0.39, 0.29) is 36.8 Å². The molecule has 0 spiro atoms. The fraction of sp³-hybridized carbons (Fsp3) is 0.286. The van der Waals surface area contributed by atoms with E-state index in [0.717, 1.165) is 23.1 Å². The molecule has 1 heterocycles. The number of carbonyl (C=O) groups excluding carboxylic acids is 2. The second-order valence-electron chi connectivity index (χ2n) is 8.56. The third kappa shape index (κ3) is 5.45. The fourth-order valence-electron chi connectivity index (χ4n) is 4.40. The molecule has 4 rings (SSSR count). The molecule has 34 heavy (non-hydrogen) atoms. The normalized spacial score (nSPS) is 14.9. The van der Waals surface area contributed by atoms with Crippen molar-refractivity contribution in [3.8, 4) is 5.75 Å². The van der Waals surface area contributed by atoms with Crippen LogP contribution in [-0.2, 0) is 22.6 Å². The lowest BCUT2D eigenvalue weighted by Gasteiger charge is -2.38. The molecule has 3 aromatic rings. The van der Waals surface area contributed by atoms with Gasteiger partial charge in [-0.05, 0) is 59.9 Å². The Kier molecular flexibility index (Phi) is 7.26. The average molecular weight is 461 g/mol. The average Bonchev–Trinajstić information content (AvgIpc) is 2.85. The molecule has 5 nitrogen and oxygen atoms in total. The van der Waals surface area contributed by atoms with Crippen LogP contribution in [0.4, 0.5) is 4.39 Å². The summed E-state index contributed by atoms with van der Waals surface area (Å²) in [5, 5.41) is 2.75. The summed E-state index contributed by atoms with van der Waals surface area (Å²) in [6.07, 6.45) is 1.22. The number of halogens is 1. The Balaban J connectivity index is 1.50. The Labute approximate surface area is 199 Å². The number of amides is 2. The minimum Gasteiger partial charge on any atom is -0.484 e. The quantitative estimate of drug-likeness (QED) is 0.555. The van der Waals surface area contributed by atoms with Crippen LogP contribution in [0.25, 0.3) is 0 Å². The maximum absolute atomic E-state index is 13.3. The third-order valence-corrected chi connectivity index (χ3v) is 6.07. The van der Waals surface area contributed by atoms with Gasteiger partial charge in [0.15, 0.2) is 6.61 Å². The molecule has 0 bridgehead atoms. The van der Waals surface area contributed by atoms with E-state index in [9.17, 15) is 14.0 Å². The number of fused-ring (bicyclic) bond motifs is 1. The van der Waals surface area contributed by atoms with Crippen molar-refractivity contribution in [1.82, 2.24) is 10.2 Å². The largest absolute Gasteiger partial charge is 0.484 e. The Morgan fingerprint density at radius 2 is 1.91 bits per heavy atom. The highest BCUT2D eigenvalue weighted by atomic mass is 19.1. The zero-order chi connectivity index (χ0) is 24.1. The monoisotopic (exact) mass is 460 g/mol. The topological polar surface area (TPSA) is 58.6 Å². The number of nitrogens with one attached hydrogen (secondary N) is 1. The van der Waals surface area contributed by atoms with Crippen molar-refractivity contribution in [1.29, 1.82) is 0 Å². The van der Waals surface area contributed by atoms with Gasteiger partial charge in [-0.3, -0.25) is 9.59 Å². The van der Waals surface area contributed by atoms with E-state index < -0.39 is 0 Å². The lowest BCUT2D eigenvalue weighted by molar-refractivity contribution is -0.133. The van der Waals surface area contributed by atoms with Gasteiger partial charge in [-0.1, -0.05) is 55.0 Å². The summed E-state index contributed by atoms with van der Waals surface area (Å²) in [4.78, 5) is 27.0. The zero-order valence-corrected chi connectivity index (χ0v) is 19.5. The zero-order valence-electron chi connectivity index (χ0n) is 19.5. The summed E-state index contributed by atoms with van der Waals surface area (Å²) in [5.41, 5.74) is 5.08. The van der Waals surface area contributed by atoms with Crippen LogP contribution in [0.3, 0.4) is 0 Å². The SMILES string of the molecule is CCC(=O)N1CCc2ccc(OCC(=O)NCc3cccc(F)c3)cc2C1c1cccc(C)c1. The molecule has 1 atom stereocenters. The second kappa shape index (κ2) is 10.5. The van der Waals surface area contributed by atoms with Gasteiger partial charge in [0.05, 0.1) is 6.04 Å². The van der Waals surface area contributed by atoms with Gasteiger partial charge in [0.1, 0.15) is 11.6 Å². The lowest BCUT2D eigenvalue weighted by Crippen LogP contribution is -2.40. The van der Waals surface area contributed by atoms with Crippen molar-refractivity contribution in [2.24, 2.45) is 0 Å². The molecular weight excluding hydrogens is 431 g/mol. The molecular formula is C28H29FN2O3. The minimum atomic E-state index is -0.337. The number of ether oxygens (including phenoxy) is 1. The molecule has 0 fully saturated rings. The Morgan fingerprint density at radius 1 is 1.09 bits per heavy atom. The highest BCUT2D eigenvalue weighted by molar-refractivity contribution is 5.78. The van der Waals surface area contributed by atoms with E-state index >= 15 is 0 Å². The van der Waals surface area contributed by atoms with Crippen molar-refractivity contribution < 1.29 is 18.7 Å². The molecule has 0 aliphatic carbocycles. The molecule has 0 saturated carbocycles. The number of hydrogen-bond acceptors (Lipinski definition) is 3. The van der Waals surface area contributed by atoms with Crippen LogP contribution in [0.1, 0.15) is 47.2 Å². The number of nitrogens with zero attached hydrogens (tertiary/aromatic N) is 1. The fourth-order valence-corrected chi connectivity index (χ4v) is 4.40. The Bertz CT molecular complexity index is 1190. The summed E-state index contributed by atoms with van der Waals surface area (Å²) in [6.45, 7) is 4.67. The maximum atomic E-state index is 13.3. The van der Waals surface area contributed by atoms with E-state index in [0.29, 0.717) is 24.3 Å². The first kappa shape index (κ1) is 23.5. The summed E-state index contributed by atoms with van der Waals surface area (Å²) >= 11 is 0. The van der Waals surface area contributed by atoms with Gasteiger partial charge in [-0.2, -0.15) is 0 Å². The molecule has 3 aromatic carbocycles. The second-order valence-corrected chi connectivity index (χ2v) is 8.56. The summed E-state index contributed by atoms with van der Waals surface area (Å²) in [5.74, 6) is 0.0548. The van der Waals surface area contributed by atoms with Gasteiger partial charge >= 0.3 is 0 Å². The molecule has 1 N–H and O–H groups in total. The Hall–Kier alpha value is -3.67. The van der Waals surface area contributed by atoms with Crippen molar-refractivity contribution in [2.75, 3.05) is 13.2 Å². The third-order valence-electron chi connectivity index (χ3n) is 6.07. The standard InChI is InChI=1S/C28H29FN2O3/c1-3-27(33)31-13-12-21-10-11-24(16-25(21)28(31)22-8-4-6-19(2)14-22)34-18-26(32)30-17-20-7-5-9-23(29)15-20/h4-11,14-16,28H,3,12-13,17-18H2,1-2H3,(H,30,32). The Morgan fingerprint density at radius 3 is 2.68 bits per heavy atom. The van der Waals surface area contributed by atoms with Gasteiger partial charge < -0.3 is 15.0 Å². The van der Waals surface area contributed by atoms with Crippen LogP contribution < -0.4 is 10.1 Å². The van der Waals surface area contributed by atoms with Gasteiger partial charge in [0.25, 0.3) is 5.91 Å². The van der Waals surface area contributed by atoms with Gasteiger partial charge in [-0.15, -0.1) is 0 Å². The molecule has 1 unspecified atom stereocenters. The van der Waals surface area contributed by atoms with Gasteiger partial charge in [0, 0.05) is 19.5 Å². The highest BCUT2D eigenvalue weighted by Crippen LogP contribution is 2.37. The molecule has 0 radical (unpaired) electrons. The predicted molar refractivity (Wildman–Crippen MR) is 129 cm³/mol. The number of rotatable bonds is 7. The first-order valence-corrected chi connectivity index (χ1v) is 11.6. The molecule has 2 amide bonds. The van der Waals surface area contributed by atoms with Crippen LogP contribution in [0, 0.1) is 12.7 Å². The van der Waals surface area contributed by atoms with E-state index in [1.165, 1.54) is 17.7 Å². The number of benzene rings is 3.